The fourth-order valence-corrected chi connectivity index (χ4v) is 2.51. The Morgan fingerprint density at radius 3 is 2.19 bits per heavy atom. The molecule has 1 aromatic heterocycles. The van der Waals surface area contributed by atoms with E-state index >= 15 is 0 Å². The van der Waals surface area contributed by atoms with Gasteiger partial charge in [0.2, 0.25) is 0 Å². The summed E-state index contributed by atoms with van der Waals surface area (Å²) in [6.45, 7) is 5.78. The minimum atomic E-state index is -4.53. The van der Waals surface area contributed by atoms with E-state index in [1.165, 1.54) is 6.07 Å². The minimum absolute atomic E-state index is 0.0471. The molecule has 0 saturated carbocycles. The zero-order valence-corrected chi connectivity index (χ0v) is 14.9. The molecule has 6 heteroatoms. The third-order valence-electron chi connectivity index (χ3n) is 3.78. The summed E-state index contributed by atoms with van der Waals surface area (Å²) in [7, 11) is 0. The number of aromatic hydroxyl groups is 1. The van der Waals surface area contributed by atoms with Crippen LogP contribution in [0, 0.1) is 6.92 Å². The largest absolute Gasteiger partial charge is 0.508 e. The van der Waals surface area contributed by atoms with Crippen LogP contribution in [0.2, 0.25) is 0 Å². The van der Waals surface area contributed by atoms with Crippen molar-refractivity contribution < 1.29 is 18.3 Å². The van der Waals surface area contributed by atoms with Crippen molar-refractivity contribution in [3.8, 4) is 17.1 Å². The first-order valence-corrected chi connectivity index (χ1v) is 8.33. The van der Waals surface area contributed by atoms with Gasteiger partial charge in [0.05, 0.1) is 12.7 Å². The predicted octanol–water partition coefficient (Wildman–Crippen LogP) is 5.66. The Morgan fingerprint density at radius 1 is 1.00 bits per heavy atom. The molecule has 0 bridgehead atoms. The summed E-state index contributed by atoms with van der Waals surface area (Å²) < 4.78 is 41.0. The second-order valence-corrected chi connectivity index (χ2v) is 5.55. The Kier molecular flexibility index (Phi) is 6.08. The summed E-state index contributed by atoms with van der Waals surface area (Å²) >= 11 is 0. The van der Waals surface area contributed by atoms with E-state index in [1.807, 2.05) is 32.9 Å². The molecule has 0 fully saturated rings. The Bertz CT molecular complexity index is 852. The van der Waals surface area contributed by atoms with Gasteiger partial charge in [-0.05, 0) is 13.0 Å². The lowest BCUT2D eigenvalue weighted by Crippen LogP contribution is -2.15. The van der Waals surface area contributed by atoms with E-state index in [1.54, 1.807) is 30.3 Å². The van der Waals surface area contributed by atoms with Gasteiger partial charge in [0.1, 0.15) is 17.3 Å². The summed E-state index contributed by atoms with van der Waals surface area (Å²) in [6.07, 6.45) is -3.70. The second kappa shape index (κ2) is 8.08. The summed E-state index contributed by atoms with van der Waals surface area (Å²) in [5.41, 5.74) is 1.15. The molecule has 0 aliphatic rings. The van der Waals surface area contributed by atoms with Crippen LogP contribution in [0.25, 0.3) is 11.4 Å². The van der Waals surface area contributed by atoms with Crippen molar-refractivity contribution in [1.82, 2.24) is 9.55 Å². The highest BCUT2D eigenvalue weighted by Crippen LogP contribution is 2.34. The molecule has 1 N–H and O–H groups in total. The molecular weight excluding hydrogens is 341 g/mol. The molecule has 0 spiro atoms. The average molecular weight is 362 g/mol. The lowest BCUT2D eigenvalue weighted by molar-refractivity contribution is -0.143. The van der Waals surface area contributed by atoms with Crippen molar-refractivity contribution in [2.45, 2.75) is 33.5 Å². The van der Waals surface area contributed by atoms with Gasteiger partial charge in [-0.2, -0.15) is 13.2 Å². The normalized spacial score (nSPS) is 11.0. The maximum Gasteiger partial charge on any atom is 0.433 e. The third-order valence-corrected chi connectivity index (χ3v) is 3.78. The smallest absolute Gasteiger partial charge is 0.433 e. The number of benzene rings is 2. The molecule has 2 aromatic carbocycles. The van der Waals surface area contributed by atoms with Crippen molar-refractivity contribution in [3.05, 3.63) is 71.5 Å². The van der Waals surface area contributed by atoms with E-state index in [4.69, 9.17) is 0 Å². The van der Waals surface area contributed by atoms with Gasteiger partial charge >= 0.3 is 6.18 Å². The van der Waals surface area contributed by atoms with Crippen molar-refractivity contribution in [2.75, 3.05) is 0 Å². The zero-order valence-electron chi connectivity index (χ0n) is 14.9. The first kappa shape index (κ1) is 19.6. The number of hydrogen-bond donors (Lipinski definition) is 1. The quantitative estimate of drug-likeness (QED) is 0.653. The molecule has 138 valence electrons. The average Bonchev–Trinajstić information content (AvgIpc) is 3.03. The van der Waals surface area contributed by atoms with Gasteiger partial charge in [-0.15, -0.1) is 0 Å². The number of alkyl halides is 3. The topological polar surface area (TPSA) is 38.0 Å². The summed E-state index contributed by atoms with van der Waals surface area (Å²) in [5.74, 6) is 0.166. The monoisotopic (exact) mass is 362 g/mol. The van der Waals surface area contributed by atoms with E-state index in [9.17, 15) is 18.3 Å². The molecule has 1 heterocycles. The van der Waals surface area contributed by atoms with Gasteiger partial charge < -0.3 is 9.67 Å². The molecule has 3 nitrogen and oxygen atoms in total. The van der Waals surface area contributed by atoms with Crippen molar-refractivity contribution in [3.63, 3.8) is 0 Å². The van der Waals surface area contributed by atoms with Crippen LogP contribution in [0.5, 0.6) is 5.75 Å². The number of aromatic nitrogens is 2. The predicted molar refractivity (Wildman–Crippen MR) is 96.0 cm³/mol. The highest BCUT2D eigenvalue weighted by molar-refractivity contribution is 5.57. The number of phenolic OH excluding ortho intramolecular Hbond substituents is 1. The molecule has 3 rings (SSSR count). The van der Waals surface area contributed by atoms with Gasteiger partial charge in [-0.3, -0.25) is 0 Å². The Balaban J connectivity index is 0.00000117. The summed E-state index contributed by atoms with van der Waals surface area (Å²) in [6, 6.07) is 13.4. The molecule has 0 amide bonds. The molecular formula is C20H21F3N2O. The Morgan fingerprint density at radius 2 is 1.62 bits per heavy atom. The van der Waals surface area contributed by atoms with Gasteiger partial charge in [0.25, 0.3) is 0 Å². The van der Waals surface area contributed by atoms with E-state index in [2.05, 4.69) is 4.98 Å². The van der Waals surface area contributed by atoms with E-state index in [0.717, 1.165) is 16.3 Å². The maximum absolute atomic E-state index is 13.3. The first-order valence-electron chi connectivity index (χ1n) is 8.33. The van der Waals surface area contributed by atoms with Crippen LogP contribution in [0.1, 0.15) is 30.7 Å². The second-order valence-electron chi connectivity index (χ2n) is 5.55. The molecule has 0 radical (unpaired) electrons. The van der Waals surface area contributed by atoms with Crippen LogP contribution >= 0.6 is 0 Å². The SMILES string of the molecule is CC.Cc1ccc(-c2ncc(C(F)(F)F)n2Cc2ccccc2O)cc1. The van der Waals surface area contributed by atoms with Gasteiger partial charge in [0.15, 0.2) is 0 Å². The molecule has 0 atom stereocenters. The van der Waals surface area contributed by atoms with E-state index < -0.39 is 11.9 Å². The molecule has 26 heavy (non-hydrogen) atoms. The summed E-state index contributed by atoms with van der Waals surface area (Å²) in [5, 5.41) is 9.89. The highest BCUT2D eigenvalue weighted by Gasteiger charge is 2.36. The number of aryl methyl sites for hydroxylation is 1. The number of rotatable bonds is 3. The molecule has 0 unspecified atom stereocenters. The van der Waals surface area contributed by atoms with Crippen LogP contribution in [0.4, 0.5) is 13.2 Å². The van der Waals surface area contributed by atoms with Crippen molar-refractivity contribution in [2.24, 2.45) is 0 Å². The number of halogens is 3. The summed E-state index contributed by atoms with van der Waals surface area (Å²) in [4.78, 5) is 3.97. The Hall–Kier alpha value is -2.76. The first-order chi connectivity index (χ1) is 12.4. The standard InChI is InChI=1S/C18H15F3N2O.C2H6/c1-12-6-8-13(9-7-12)17-22-10-16(18(19,20)21)23(17)11-14-4-2-3-5-15(14)24;1-2/h2-10,24H,11H2,1H3;1-2H3. The number of nitrogens with zero attached hydrogens (tertiary/aromatic N) is 2. The van der Waals surface area contributed by atoms with Crippen LogP contribution in [-0.2, 0) is 12.7 Å². The van der Waals surface area contributed by atoms with Crippen molar-refractivity contribution >= 4 is 0 Å². The van der Waals surface area contributed by atoms with Crippen LogP contribution < -0.4 is 0 Å². The van der Waals surface area contributed by atoms with Crippen molar-refractivity contribution in [1.29, 1.82) is 0 Å². The Labute approximate surface area is 150 Å². The minimum Gasteiger partial charge on any atom is -0.508 e. The van der Waals surface area contributed by atoms with Crippen LogP contribution in [-0.4, -0.2) is 14.7 Å². The van der Waals surface area contributed by atoms with Gasteiger partial charge in [-0.25, -0.2) is 4.98 Å². The fourth-order valence-electron chi connectivity index (χ4n) is 2.51. The number of hydrogen-bond acceptors (Lipinski definition) is 2. The maximum atomic E-state index is 13.3. The van der Waals surface area contributed by atoms with Gasteiger partial charge in [0, 0.05) is 11.1 Å². The van der Waals surface area contributed by atoms with Crippen LogP contribution in [0.3, 0.4) is 0 Å². The molecule has 0 aliphatic heterocycles. The molecule has 0 saturated heterocycles. The zero-order chi connectivity index (χ0) is 19.3. The van der Waals surface area contributed by atoms with Crippen LogP contribution in [0.15, 0.2) is 54.7 Å². The molecule has 3 aromatic rings. The third kappa shape index (κ3) is 4.25. The van der Waals surface area contributed by atoms with E-state index in [-0.39, 0.29) is 18.1 Å². The van der Waals surface area contributed by atoms with Gasteiger partial charge in [-0.1, -0.05) is 61.9 Å². The highest BCUT2D eigenvalue weighted by atomic mass is 19.4. The molecule has 0 aliphatic carbocycles. The lowest BCUT2D eigenvalue weighted by Gasteiger charge is -2.15. The number of phenols is 1. The number of para-hydroxylation sites is 1. The van der Waals surface area contributed by atoms with E-state index in [0.29, 0.717) is 11.1 Å². The number of imidazole rings is 1. The lowest BCUT2D eigenvalue weighted by atomic mass is 10.1. The fraction of sp³-hybridized carbons (Fsp3) is 0.250.